The summed E-state index contributed by atoms with van der Waals surface area (Å²) in [6, 6.07) is 12.5. The fraction of sp³-hybridized carbons (Fsp3) is 0.361. The van der Waals surface area contributed by atoms with Gasteiger partial charge in [-0.15, -0.1) is 0 Å². The second-order valence-corrected chi connectivity index (χ2v) is 12.6. The molecule has 1 aromatic carbocycles. The summed E-state index contributed by atoms with van der Waals surface area (Å²) in [6.45, 7) is 8.29. The number of pyridine rings is 2. The Kier molecular flexibility index (Phi) is 7.38. The van der Waals surface area contributed by atoms with Crippen LogP contribution in [0.15, 0.2) is 59.3 Å². The van der Waals surface area contributed by atoms with Crippen molar-refractivity contribution < 1.29 is 28.5 Å². The van der Waals surface area contributed by atoms with Crippen LogP contribution in [0.1, 0.15) is 36.0 Å². The van der Waals surface area contributed by atoms with Gasteiger partial charge in [0, 0.05) is 41.9 Å². The van der Waals surface area contributed by atoms with Crippen molar-refractivity contribution >= 4 is 39.5 Å². The fourth-order valence-electron chi connectivity index (χ4n) is 6.85. The molecule has 8 rings (SSSR count). The number of aliphatic carboxylic acids is 1. The Morgan fingerprint density at radius 3 is 2.73 bits per heavy atom. The lowest BCUT2D eigenvalue weighted by molar-refractivity contribution is -0.228. The number of carboxylic acid groups (broad SMARTS) is 1. The molecule has 0 radical (unpaired) electrons. The SMILES string of the molecule is Cc1nc(N2C[C@@H](Oc3ncc(C#Cc4cccnc4C)cc3N3CCOC4(COC4)[C@@H]3C)C[C@H]2C(=O)O)c2oc3ccccc3c2n1. The third kappa shape index (κ3) is 5.16. The van der Waals surface area contributed by atoms with Crippen LogP contribution in [0.3, 0.4) is 0 Å². The quantitative estimate of drug-likeness (QED) is 0.273. The Bertz CT molecular complexity index is 2120. The summed E-state index contributed by atoms with van der Waals surface area (Å²) < 4.78 is 24.6. The van der Waals surface area contributed by atoms with Crippen LogP contribution >= 0.6 is 0 Å². The maximum Gasteiger partial charge on any atom is 0.326 e. The molecular weight excluding hydrogens is 612 g/mol. The van der Waals surface area contributed by atoms with Crippen molar-refractivity contribution in [1.29, 1.82) is 0 Å². The Morgan fingerprint density at radius 2 is 1.94 bits per heavy atom. The van der Waals surface area contributed by atoms with Crippen molar-refractivity contribution in [1.82, 2.24) is 19.9 Å². The Labute approximate surface area is 276 Å². The molecule has 48 heavy (non-hydrogen) atoms. The normalized spacial score (nSPS) is 21.7. The van der Waals surface area contributed by atoms with Gasteiger partial charge >= 0.3 is 5.97 Å². The van der Waals surface area contributed by atoms with Gasteiger partial charge in [0.2, 0.25) is 5.88 Å². The number of para-hydroxylation sites is 1. The van der Waals surface area contributed by atoms with Gasteiger partial charge in [-0.1, -0.05) is 24.0 Å². The Morgan fingerprint density at radius 1 is 1.08 bits per heavy atom. The highest BCUT2D eigenvalue weighted by Gasteiger charge is 2.50. The average Bonchev–Trinajstić information content (AvgIpc) is 3.66. The molecule has 12 heteroatoms. The molecule has 0 bridgehead atoms. The largest absolute Gasteiger partial charge is 0.480 e. The van der Waals surface area contributed by atoms with Crippen molar-refractivity contribution in [3.8, 4) is 17.7 Å². The van der Waals surface area contributed by atoms with E-state index in [1.54, 1.807) is 24.2 Å². The molecule has 1 spiro atoms. The van der Waals surface area contributed by atoms with Gasteiger partial charge in [0.1, 0.15) is 40.4 Å². The van der Waals surface area contributed by atoms with Crippen molar-refractivity contribution in [3.05, 3.63) is 77.5 Å². The summed E-state index contributed by atoms with van der Waals surface area (Å²) in [7, 11) is 0. The molecule has 12 nitrogen and oxygen atoms in total. The number of hydrogen-bond acceptors (Lipinski definition) is 11. The first-order chi connectivity index (χ1) is 23.3. The molecule has 5 aromatic rings. The number of aromatic nitrogens is 4. The lowest BCUT2D eigenvalue weighted by Gasteiger charge is -2.53. The van der Waals surface area contributed by atoms with E-state index in [9.17, 15) is 9.90 Å². The predicted octanol–water partition coefficient (Wildman–Crippen LogP) is 4.29. The van der Waals surface area contributed by atoms with Gasteiger partial charge in [-0.3, -0.25) is 4.98 Å². The number of furan rings is 1. The number of aryl methyl sites for hydroxylation is 2. The summed E-state index contributed by atoms with van der Waals surface area (Å²) in [5, 5.41) is 11.2. The monoisotopic (exact) mass is 646 g/mol. The van der Waals surface area contributed by atoms with Gasteiger partial charge in [-0.25, -0.2) is 19.7 Å². The number of nitrogens with zero attached hydrogens (tertiary/aromatic N) is 6. The summed E-state index contributed by atoms with van der Waals surface area (Å²) in [5.74, 6) is 6.87. The van der Waals surface area contributed by atoms with Crippen LogP contribution in [-0.2, 0) is 14.3 Å². The van der Waals surface area contributed by atoms with E-state index in [4.69, 9.17) is 23.6 Å². The maximum atomic E-state index is 12.7. The molecule has 0 amide bonds. The van der Waals surface area contributed by atoms with E-state index >= 15 is 0 Å². The average molecular weight is 647 g/mol. The first-order valence-corrected chi connectivity index (χ1v) is 16.0. The third-order valence-electron chi connectivity index (χ3n) is 9.55. The van der Waals surface area contributed by atoms with Crippen molar-refractivity contribution in [2.75, 3.05) is 42.7 Å². The van der Waals surface area contributed by atoms with E-state index in [0.29, 0.717) is 60.6 Å². The van der Waals surface area contributed by atoms with Gasteiger partial charge in [0.05, 0.1) is 38.1 Å². The number of carbonyl (C=O) groups is 1. The number of hydrogen-bond donors (Lipinski definition) is 1. The van der Waals surface area contributed by atoms with Gasteiger partial charge in [-0.05, 0) is 51.1 Å². The van der Waals surface area contributed by atoms with E-state index in [1.807, 2.05) is 49.4 Å². The topological polar surface area (TPSA) is 136 Å². The van der Waals surface area contributed by atoms with Crippen molar-refractivity contribution in [2.24, 2.45) is 0 Å². The van der Waals surface area contributed by atoms with Crippen LogP contribution in [-0.4, -0.2) is 87.7 Å². The molecule has 1 N–H and O–H groups in total. The van der Waals surface area contributed by atoms with Crippen molar-refractivity contribution in [2.45, 2.75) is 51.0 Å². The van der Waals surface area contributed by atoms with E-state index < -0.39 is 23.7 Å². The minimum atomic E-state index is -0.972. The highest BCUT2D eigenvalue weighted by atomic mass is 16.6. The van der Waals surface area contributed by atoms with E-state index in [1.165, 1.54) is 0 Å². The van der Waals surface area contributed by atoms with Gasteiger partial charge in [-0.2, -0.15) is 0 Å². The van der Waals surface area contributed by atoms with Crippen LogP contribution in [0.4, 0.5) is 11.5 Å². The molecule has 3 atom stereocenters. The minimum Gasteiger partial charge on any atom is -0.480 e. The molecule has 0 unspecified atom stereocenters. The van der Waals surface area contributed by atoms with Crippen LogP contribution in [0.5, 0.6) is 5.88 Å². The van der Waals surface area contributed by atoms with E-state index in [2.05, 4.69) is 38.6 Å². The summed E-state index contributed by atoms with van der Waals surface area (Å²) >= 11 is 0. The first-order valence-electron chi connectivity index (χ1n) is 16.0. The molecule has 244 valence electrons. The standard InChI is InChI=1S/C36H34N6O6/c1-21-25(7-6-12-37-21)11-10-24-15-28(41-13-14-46-36(22(41)2)19-45-20-36)34(38-17-24)47-26-16-29(35(43)44)42(18-26)33-32-31(39-23(3)40-33)27-8-4-5-9-30(27)48-32/h4-9,12,15,17,22,26,29H,13-14,16,18-20H2,1-3H3,(H,43,44)/t22-,26-,29-/m0/s1. The van der Waals surface area contributed by atoms with Gasteiger partial charge < -0.3 is 33.5 Å². The lowest BCUT2D eigenvalue weighted by Crippen LogP contribution is -2.68. The zero-order chi connectivity index (χ0) is 33.0. The number of benzene rings is 1. The Hall–Kier alpha value is -5.25. The van der Waals surface area contributed by atoms with Crippen LogP contribution in [0, 0.1) is 25.7 Å². The van der Waals surface area contributed by atoms with Gasteiger partial charge in [0.15, 0.2) is 11.4 Å². The number of rotatable bonds is 5. The smallest absolute Gasteiger partial charge is 0.326 e. The second kappa shape index (κ2) is 11.8. The third-order valence-corrected chi connectivity index (χ3v) is 9.55. The molecule has 4 aromatic heterocycles. The number of morpholine rings is 1. The molecule has 0 saturated carbocycles. The minimum absolute atomic E-state index is 0.0230. The predicted molar refractivity (Wildman–Crippen MR) is 177 cm³/mol. The molecule has 7 heterocycles. The highest BCUT2D eigenvalue weighted by Crippen LogP contribution is 2.40. The number of anilines is 2. The van der Waals surface area contributed by atoms with Crippen LogP contribution < -0.4 is 14.5 Å². The highest BCUT2D eigenvalue weighted by molar-refractivity contribution is 6.06. The maximum absolute atomic E-state index is 12.7. The van der Waals surface area contributed by atoms with E-state index in [0.717, 1.165) is 27.9 Å². The van der Waals surface area contributed by atoms with Crippen LogP contribution in [0.2, 0.25) is 0 Å². The number of ether oxygens (including phenoxy) is 3. The van der Waals surface area contributed by atoms with Crippen LogP contribution in [0.25, 0.3) is 22.1 Å². The summed E-state index contributed by atoms with van der Waals surface area (Å²) in [5.41, 5.74) is 4.54. The van der Waals surface area contributed by atoms with Gasteiger partial charge in [0.25, 0.3) is 0 Å². The fourth-order valence-corrected chi connectivity index (χ4v) is 6.85. The zero-order valence-corrected chi connectivity index (χ0v) is 26.8. The first kappa shape index (κ1) is 30.1. The van der Waals surface area contributed by atoms with Crippen molar-refractivity contribution in [3.63, 3.8) is 0 Å². The Balaban J connectivity index is 1.15. The number of carboxylic acids is 1. The second-order valence-electron chi connectivity index (χ2n) is 12.6. The molecule has 3 fully saturated rings. The zero-order valence-electron chi connectivity index (χ0n) is 26.8. The lowest BCUT2D eigenvalue weighted by atomic mass is 9.90. The summed E-state index contributed by atoms with van der Waals surface area (Å²) in [4.78, 5) is 35.1. The molecule has 3 saturated heterocycles. The number of fused-ring (bicyclic) bond motifs is 3. The van der Waals surface area contributed by atoms with E-state index in [-0.39, 0.29) is 19.0 Å². The summed E-state index contributed by atoms with van der Waals surface area (Å²) in [6.07, 6.45) is 3.16. The molecule has 3 aliphatic rings. The molecular formula is C36H34N6O6. The molecule has 3 aliphatic heterocycles. The molecule has 0 aliphatic carbocycles.